The Balaban J connectivity index is 2.19. The predicted octanol–water partition coefficient (Wildman–Crippen LogP) is 3.72. The lowest BCUT2D eigenvalue weighted by atomic mass is 9.96. The Bertz CT molecular complexity index is 1010. The van der Waals surface area contributed by atoms with E-state index in [1.165, 1.54) is 0 Å². The van der Waals surface area contributed by atoms with Crippen LogP contribution in [-0.4, -0.2) is 39.6 Å². The summed E-state index contributed by atoms with van der Waals surface area (Å²) < 4.78 is 33.8. The van der Waals surface area contributed by atoms with Crippen LogP contribution in [0, 0.1) is 0 Å². The standard InChI is InChI=1S/C21H22ClNO5S/c22-8-10-28-19-13-15(27-11-9-24)12-18(20(19)23)21(29(25)26)17-7-3-5-14-4-1-2-6-16(14)17/h1-7,12-13,21,24H,8-11,23H2,(H,25,26). The summed E-state index contributed by atoms with van der Waals surface area (Å²) in [4.78, 5) is 0. The number of alkyl halides is 1. The second-order valence-electron chi connectivity index (χ2n) is 6.26. The van der Waals surface area contributed by atoms with Gasteiger partial charge in [0, 0.05) is 11.6 Å². The number of halogens is 1. The van der Waals surface area contributed by atoms with Gasteiger partial charge < -0.3 is 24.9 Å². The van der Waals surface area contributed by atoms with Crippen molar-refractivity contribution in [2.24, 2.45) is 0 Å². The van der Waals surface area contributed by atoms with Crippen LogP contribution in [-0.2, 0) is 11.1 Å². The number of hydrogen-bond donors (Lipinski definition) is 3. The molecule has 3 aromatic carbocycles. The van der Waals surface area contributed by atoms with Gasteiger partial charge in [-0.05, 0) is 22.4 Å². The van der Waals surface area contributed by atoms with E-state index in [0.29, 0.717) is 22.6 Å². The molecule has 2 unspecified atom stereocenters. The lowest BCUT2D eigenvalue weighted by Gasteiger charge is -2.21. The fraction of sp³-hybridized carbons (Fsp3) is 0.238. The molecule has 0 bridgehead atoms. The van der Waals surface area contributed by atoms with Gasteiger partial charge in [-0.2, -0.15) is 0 Å². The van der Waals surface area contributed by atoms with Gasteiger partial charge in [-0.15, -0.1) is 11.6 Å². The number of nitrogens with two attached hydrogens (primary N) is 1. The summed E-state index contributed by atoms with van der Waals surface area (Å²) in [7, 11) is 0. The van der Waals surface area contributed by atoms with Crippen molar-refractivity contribution in [2.75, 3.05) is 31.4 Å². The van der Waals surface area contributed by atoms with Crippen LogP contribution in [0.5, 0.6) is 11.5 Å². The lowest BCUT2D eigenvalue weighted by molar-refractivity contribution is 0.200. The highest BCUT2D eigenvalue weighted by atomic mass is 35.5. The molecule has 0 aliphatic rings. The van der Waals surface area contributed by atoms with Gasteiger partial charge in [-0.3, -0.25) is 0 Å². The number of fused-ring (bicyclic) bond motifs is 1. The van der Waals surface area contributed by atoms with E-state index in [0.717, 1.165) is 10.8 Å². The Morgan fingerprint density at radius 1 is 1.03 bits per heavy atom. The molecule has 8 heteroatoms. The average molecular weight is 436 g/mol. The van der Waals surface area contributed by atoms with Crippen LogP contribution in [0.25, 0.3) is 10.8 Å². The average Bonchev–Trinajstić information content (AvgIpc) is 2.73. The van der Waals surface area contributed by atoms with Gasteiger partial charge in [-0.25, -0.2) is 4.21 Å². The number of hydrogen-bond acceptors (Lipinski definition) is 5. The molecule has 154 valence electrons. The van der Waals surface area contributed by atoms with E-state index in [9.17, 15) is 8.76 Å². The maximum Gasteiger partial charge on any atom is 0.165 e. The summed E-state index contributed by atoms with van der Waals surface area (Å²) in [6.45, 7) is 0.117. The molecule has 0 spiro atoms. The molecule has 0 fully saturated rings. The Labute approximate surface area is 176 Å². The van der Waals surface area contributed by atoms with Crippen molar-refractivity contribution in [1.82, 2.24) is 0 Å². The molecule has 2 atom stereocenters. The van der Waals surface area contributed by atoms with E-state index >= 15 is 0 Å². The number of ether oxygens (including phenoxy) is 2. The number of aliphatic hydroxyl groups is 1. The zero-order valence-electron chi connectivity index (χ0n) is 15.6. The fourth-order valence-corrected chi connectivity index (χ4v) is 4.13. The molecule has 0 saturated heterocycles. The zero-order chi connectivity index (χ0) is 20.8. The van der Waals surface area contributed by atoms with E-state index in [1.807, 2.05) is 36.4 Å². The van der Waals surface area contributed by atoms with Crippen LogP contribution in [0.1, 0.15) is 16.4 Å². The molecule has 0 saturated carbocycles. The van der Waals surface area contributed by atoms with Gasteiger partial charge in [0.15, 0.2) is 11.1 Å². The minimum Gasteiger partial charge on any atom is -0.491 e. The topological polar surface area (TPSA) is 102 Å². The van der Waals surface area contributed by atoms with E-state index in [2.05, 4.69) is 0 Å². The molecular formula is C21H22ClNO5S. The number of rotatable bonds is 9. The predicted molar refractivity (Wildman–Crippen MR) is 116 cm³/mol. The van der Waals surface area contributed by atoms with Gasteiger partial charge in [-0.1, -0.05) is 42.5 Å². The van der Waals surface area contributed by atoms with E-state index in [4.69, 9.17) is 31.9 Å². The first kappa shape index (κ1) is 21.4. The molecule has 0 aliphatic carbocycles. The highest BCUT2D eigenvalue weighted by Gasteiger charge is 2.27. The smallest absolute Gasteiger partial charge is 0.165 e. The summed E-state index contributed by atoms with van der Waals surface area (Å²) in [5.41, 5.74) is 7.64. The van der Waals surface area contributed by atoms with Crippen LogP contribution in [0.2, 0.25) is 0 Å². The van der Waals surface area contributed by atoms with Gasteiger partial charge >= 0.3 is 0 Å². The maximum atomic E-state index is 12.5. The second kappa shape index (κ2) is 9.93. The molecule has 0 aromatic heterocycles. The Morgan fingerprint density at radius 2 is 1.79 bits per heavy atom. The third-order valence-corrected chi connectivity index (χ3v) is 5.50. The maximum absolute atomic E-state index is 12.5. The minimum absolute atomic E-state index is 0.0689. The zero-order valence-corrected chi connectivity index (χ0v) is 17.2. The first-order valence-electron chi connectivity index (χ1n) is 9.00. The molecule has 0 radical (unpaired) electrons. The number of aliphatic hydroxyl groups excluding tert-OH is 1. The molecule has 0 amide bonds. The molecule has 0 aliphatic heterocycles. The van der Waals surface area contributed by atoms with Gasteiger partial charge in [0.25, 0.3) is 0 Å². The summed E-state index contributed by atoms with van der Waals surface area (Å²) in [5.74, 6) is 0.949. The van der Waals surface area contributed by atoms with E-state index < -0.39 is 16.3 Å². The van der Waals surface area contributed by atoms with Crippen molar-refractivity contribution in [3.05, 3.63) is 65.7 Å². The van der Waals surface area contributed by atoms with Crippen LogP contribution < -0.4 is 15.2 Å². The molecular weight excluding hydrogens is 414 g/mol. The first-order chi connectivity index (χ1) is 14.1. The molecule has 4 N–H and O–H groups in total. The third-order valence-electron chi connectivity index (χ3n) is 4.43. The SMILES string of the molecule is Nc1c(OCCCl)cc(OCCO)cc1C(c1cccc2ccccc12)S(=O)O. The minimum atomic E-state index is -2.27. The second-order valence-corrected chi connectivity index (χ2v) is 7.66. The Hall–Kier alpha value is -2.32. The highest BCUT2D eigenvalue weighted by molar-refractivity contribution is 7.79. The van der Waals surface area contributed by atoms with Gasteiger partial charge in [0.1, 0.15) is 30.0 Å². The normalized spacial score (nSPS) is 13.2. The highest BCUT2D eigenvalue weighted by Crippen LogP contribution is 2.41. The van der Waals surface area contributed by atoms with Crippen molar-refractivity contribution in [3.8, 4) is 11.5 Å². The van der Waals surface area contributed by atoms with Crippen molar-refractivity contribution in [2.45, 2.75) is 5.25 Å². The molecule has 6 nitrogen and oxygen atoms in total. The van der Waals surface area contributed by atoms with Crippen molar-refractivity contribution in [1.29, 1.82) is 0 Å². The third kappa shape index (κ3) is 4.82. The molecule has 3 aromatic rings. The Morgan fingerprint density at radius 3 is 2.52 bits per heavy atom. The summed E-state index contributed by atoms with van der Waals surface area (Å²) in [6.07, 6.45) is 0. The van der Waals surface area contributed by atoms with E-state index in [1.54, 1.807) is 18.2 Å². The van der Waals surface area contributed by atoms with E-state index in [-0.39, 0.29) is 31.4 Å². The quantitative estimate of drug-likeness (QED) is 0.269. The number of benzene rings is 3. The summed E-state index contributed by atoms with van der Waals surface area (Å²) in [6, 6.07) is 16.4. The van der Waals surface area contributed by atoms with Crippen LogP contribution >= 0.6 is 11.6 Å². The van der Waals surface area contributed by atoms with Crippen molar-refractivity contribution < 1.29 is 23.3 Å². The largest absolute Gasteiger partial charge is 0.491 e. The van der Waals surface area contributed by atoms with Crippen molar-refractivity contribution >= 4 is 39.1 Å². The molecule has 0 heterocycles. The first-order valence-corrected chi connectivity index (χ1v) is 10.7. The summed E-state index contributed by atoms with van der Waals surface area (Å²) in [5, 5.41) is 9.95. The van der Waals surface area contributed by atoms with Crippen molar-refractivity contribution in [3.63, 3.8) is 0 Å². The monoisotopic (exact) mass is 435 g/mol. The van der Waals surface area contributed by atoms with Gasteiger partial charge in [0.2, 0.25) is 0 Å². The van der Waals surface area contributed by atoms with Crippen LogP contribution in [0.15, 0.2) is 54.6 Å². The number of anilines is 1. The summed E-state index contributed by atoms with van der Waals surface area (Å²) >= 11 is 3.46. The Kier molecular flexibility index (Phi) is 7.33. The lowest BCUT2D eigenvalue weighted by Crippen LogP contribution is -2.13. The van der Waals surface area contributed by atoms with Gasteiger partial charge in [0.05, 0.1) is 18.2 Å². The molecule has 29 heavy (non-hydrogen) atoms. The molecule has 3 rings (SSSR count). The van der Waals surface area contributed by atoms with Crippen LogP contribution in [0.3, 0.4) is 0 Å². The number of nitrogen functional groups attached to an aromatic ring is 1. The fourth-order valence-electron chi connectivity index (χ4n) is 3.22. The van der Waals surface area contributed by atoms with Crippen LogP contribution in [0.4, 0.5) is 5.69 Å².